The second-order valence-electron chi connectivity index (χ2n) is 9.40. The Morgan fingerprint density at radius 3 is 1.27 bits per heavy atom. The Balaban J connectivity index is 1.13. The van der Waals surface area contributed by atoms with Crippen molar-refractivity contribution in [3.05, 3.63) is 109 Å². The van der Waals surface area contributed by atoms with Gasteiger partial charge in [0.25, 0.3) is 0 Å². The Morgan fingerprint density at radius 2 is 0.925 bits per heavy atom. The van der Waals surface area contributed by atoms with Crippen LogP contribution in [0, 0.1) is 0 Å². The van der Waals surface area contributed by atoms with Gasteiger partial charge in [0.2, 0.25) is 23.6 Å². The van der Waals surface area contributed by atoms with Gasteiger partial charge in [-0.2, -0.15) is 0 Å². The molecule has 0 aliphatic rings. The number of nitrogens with zero attached hydrogens (tertiary/aromatic N) is 6. The largest absolute Gasteiger partial charge is 0.416 e. The molecule has 0 aliphatic carbocycles. The van der Waals surface area contributed by atoms with Crippen LogP contribution in [0.1, 0.15) is 36.8 Å². The van der Waals surface area contributed by atoms with Gasteiger partial charge in [-0.05, 0) is 59.7 Å². The van der Waals surface area contributed by atoms with Gasteiger partial charge < -0.3 is 8.83 Å². The van der Waals surface area contributed by atoms with E-state index in [9.17, 15) is 4.79 Å². The Morgan fingerprint density at radius 1 is 0.550 bits per heavy atom. The standard InChI is InChI=1S/C31H24N6O3/c1-19(21-7-11-23(12-8-21)28-34-36-30(39-28)25-5-3-15-32-17-25)27(38)20(2)22-9-13-24(14-10-22)29-35-37-31(40-29)26-6-4-16-33-18-26/h3-20H,1-2H3. The number of hydrogen-bond acceptors (Lipinski definition) is 9. The first-order chi connectivity index (χ1) is 19.6. The summed E-state index contributed by atoms with van der Waals surface area (Å²) in [5.41, 5.74) is 4.90. The van der Waals surface area contributed by atoms with E-state index in [4.69, 9.17) is 8.83 Å². The molecule has 2 unspecified atom stereocenters. The van der Waals surface area contributed by atoms with Gasteiger partial charge in [0, 0.05) is 47.8 Å². The van der Waals surface area contributed by atoms with Crippen molar-refractivity contribution in [2.24, 2.45) is 0 Å². The maximum absolute atomic E-state index is 13.4. The average molecular weight is 529 g/mol. The first kappa shape index (κ1) is 25.0. The lowest BCUT2D eigenvalue weighted by atomic mass is 9.85. The topological polar surface area (TPSA) is 121 Å². The first-order valence-corrected chi connectivity index (χ1v) is 12.8. The molecule has 196 valence electrons. The van der Waals surface area contributed by atoms with Gasteiger partial charge in [-0.3, -0.25) is 14.8 Å². The van der Waals surface area contributed by atoms with Gasteiger partial charge in [-0.25, -0.2) is 0 Å². The molecule has 4 heterocycles. The monoisotopic (exact) mass is 528 g/mol. The van der Waals surface area contributed by atoms with E-state index >= 15 is 0 Å². The minimum Gasteiger partial charge on any atom is -0.416 e. The van der Waals surface area contributed by atoms with Crippen molar-refractivity contribution in [3.63, 3.8) is 0 Å². The summed E-state index contributed by atoms with van der Waals surface area (Å²) in [4.78, 5) is 21.6. The summed E-state index contributed by atoms with van der Waals surface area (Å²) in [6, 6.07) is 22.6. The van der Waals surface area contributed by atoms with Crippen LogP contribution in [0.5, 0.6) is 0 Å². The van der Waals surface area contributed by atoms with Crippen LogP contribution < -0.4 is 0 Å². The molecule has 0 radical (unpaired) electrons. The first-order valence-electron chi connectivity index (χ1n) is 12.8. The van der Waals surface area contributed by atoms with Crippen molar-refractivity contribution in [1.29, 1.82) is 0 Å². The predicted octanol–water partition coefficient (Wildman–Crippen LogP) is 6.39. The third-order valence-corrected chi connectivity index (χ3v) is 6.84. The third-order valence-electron chi connectivity index (χ3n) is 6.84. The highest BCUT2D eigenvalue weighted by Gasteiger charge is 2.23. The smallest absolute Gasteiger partial charge is 0.249 e. The normalized spacial score (nSPS) is 12.7. The van der Waals surface area contributed by atoms with Gasteiger partial charge in [0.1, 0.15) is 5.78 Å². The number of aromatic nitrogens is 6. The highest BCUT2D eigenvalue weighted by atomic mass is 16.4. The minimum atomic E-state index is -0.296. The second-order valence-corrected chi connectivity index (χ2v) is 9.40. The van der Waals surface area contributed by atoms with Gasteiger partial charge in [0.15, 0.2) is 0 Å². The number of benzene rings is 2. The van der Waals surface area contributed by atoms with E-state index in [1.165, 1.54) is 0 Å². The van der Waals surface area contributed by atoms with Crippen molar-refractivity contribution >= 4 is 5.78 Å². The molecule has 9 heteroatoms. The number of hydrogen-bond donors (Lipinski definition) is 0. The molecule has 0 fully saturated rings. The average Bonchev–Trinajstić information content (AvgIpc) is 3.72. The van der Waals surface area contributed by atoms with Gasteiger partial charge in [0.05, 0.1) is 11.1 Å². The summed E-state index contributed by atoms with van der Waals surface area (Å²) in [5, 5.41) is 16.6. The summed E-state index contributed by atoms with van der Waals surface area (Å²) in [5.74, 6) is 1.16. The molecule has 2 atom stereocenters. The quantitative estimate of drug-likeness (QED) is 0.221. The van der Waals surface area contributed by atoms with Crippen molar-refractivity contribution in [1.82, 2.24) is 30.4 Å². The van der Waals surface area contributed by atoms with E-state index in [-0.39, 0.29) is 17.6 Å². The van der Waals surface area contributed by atoms with Gasteiger partial charge in [-0.1, -0.05) is 38.1 Å². The van der Waals surface area contributed by atoms with Crippen molar-refractivity contribution in [2.45, 2.75) is 25.7 Å². The van der Waals surface area contributed by atoms with Crippen molar-refractivity contribution < 1.29 is 13.6 Å². The molecule has 9 nitrogen and oxygen atoms in total. The van der Waals surface area contributed by atoms with Crippen LogP contribution in [0.4, 0.5) is 0 Å². The van der Waals surface area contributed by atoms with Crippen LogP contribution >= 0.6 is 0 Å². The Hall–Kier alpha value is -5.31. The molecule has 2 aromatic carbocycles. The highest BCUT2D eigenvalue weighted by molar-refractivity contribution is 5.91. The SMILES string of the molecule is CC(C(=O)C(C)c1ccc(-c2nnc(-c3cccnc3)o2)cc1)c1ccc(-c2nnc(-c3cccnc3)o2)cc1. The Labute approximate surface area is 230 Å². The molecule has 0 saturated carbocycles. The summed E-state index contributed by atoms with van der Waals surface area (Å²) < 4.78 is 11.6. The summed E-state index contributed by atoms with van der Waals surface area (Å²) in [7, 11) is 0. The zero-order valence-corrected chi connectivity index (χ0v) is 21.8. The van der Waals surface area contributed by atoms with E-state index in [0.717, 1.165) is 33.4 Å². The summed E-state index contributed by atoms with van der Waals surface area (Å²) in [6.45, 7) is 3.85. The Bertz CT molecular complexity index is 1600. The number of carbonyl (C=O) groups excluding carboxylic acids is 1. The fourth-order valence-corrected chi connectivity index (χ4v) is 4.42. The lowest BCUT2D eigenvalue weighted by molar-refractivity contribution is -0.121. The van der Waals surface area contributed by atoms with Crippen LogP contribution in [0.15, 0.2) is 106 Å². The molecule has 0 bridgehead atoms. The van der Waals surface area contributed by atoms with Crippen molar-refractivity contribution in [3.8, 4) is 45.8 Å². The predicted molar refractivity (Wildman–Crippen MR) is 148 cm³/mol. The van der Waals surface area contributed by atoms with Gasteiger partial charge >= 0.3 is 0 Å². The van der Waals surface area contributed by atoms with E-state index in [0.29, 0.717) is 23.6 Å². The van der Waals surface area contributed by atoms with Crippen LogP contribution in [-0.4, -0.2) is 36.1 Å². The molecule has 6 aromatic rings. The van der Waals surface area contributed by atoms with Crippen LogP contribution in [-0.2, 0) is 4.79 Å². The zero-order chi connectivity index (χ0) is 27.5. The molecule has 0 spiro atoms. The molecule has 0 aliphatic heterocycles. The molecule has 4 aromatic heterocycles. The second kappa shape index (κ2) is 10.8. The number of ketones is 1. The maximum atomic E-state index is 13.4. The van der Waals surface area contributed by atoms with Crippen LogP contribution in [0.2, 0.25) is 0 Å². The van der Waals surface area contributed by atoms with Crippen LogP contribution in [0.25, 0.3) is 45.8 Å². The highest BCUT2D eigenvalue weighted by Crippen LogP contribution is 2.30. The Kier molecular flexibility index (Phi) is 6.76. The maximum Gasteiger partial charge on any atom is 0.249 e. The summed E-state index contributed by atoms with van der Waals surface area (Å²) >= 11 is 0. The number of carbonyl (C=O) groups is 1. The third kappa shape index (κ3) is 5.04. The molecular formula is C31H24N6O3. The number of pyridine rings is 2. The number of rotatable bonds is 8. The van der Waals surface area contributed by atoms with Gasteiger partial charge in [-0.15, -0.1) is 20.4 Å². The van der Waals surface area contributed by atoms with E-state index in [2.05, 4.69) is 30.4 Å². The summed E-state index contributed by atoms with van der Waals surface area (Å²) in [6.07, 6.45) is 6.72. The minimum absolute atomic E-state index is 0.119. The molecule has 0 saturated heterocycles. The van der Waals surface area contributed by atoms with E-state index in [1.54, 1.807) is 24.8 Å². The molecular weight excluding hydrogens is 504 g/mol. The molecule has 0 amide bonds. The van der Waals surface area contributed by atoms with Crippen molar-refractivity contribution in [2.75, 3.05) is 0 Å². The lowest BCUT2D eigenvalue weighted by Crippen LogP contribution is -2.16. The zero-order valence-electron chi connectivity index (χ0n) is 21.8. The fraction of sp³-hybridized carbons (Fsp3) is 0.129. The fourth-order valence-electron chi connectivity index (χ4n) is 4.42. The lowest BCUT2D eigenvalue weighted by Gasteiger charge is -2.17. The number of Topliss-reactive ketones (excluding diaryl/α,β-unsaturated/α-hetero) is 1. The molecule has 6 rings (SSSR count). The molecule has 0 N–H and O–H groups in total. The van der Waals surface area contributed by atoms with E-state index in [1.807, 2.05) is 86.6 Å². The van der Waals surface area contributed by atoms with E-state index < -0.39 is 0 Å². The molecule has 40 heavy (non-hydrogen) atoms. The van der Waals surface area contributed by atoms with Crippen LogP contribution in [0.3, 0.4) is 0 Å².